The molecular weight excluding hydrogens is 264 g/mol. The number of likely N-dealkylation sites (N-methyl/N-ethyl adjacent to an activating group) is 1. The standard InChI is InChI=1S/C17H18N2O2/c1-19(15-7-4-8-16(12-15)21-2)17(20)10-9-13-5-3-6-14(18)11-13/h3-12H,18H2,1-2H3/b10-9+. The first-order valence-electron chi connectivity index (χ1n) is 6.55. The highest BCUT2D eigenvalue weighted by Gasteiger charge is 2.08. The molecule has 1 amide bonds. The predicted molar refractivity (Wildman–Crippen MR) is 86.3 cm³/mol. The van der Waals surface area contributed by atoms with Crippen LogP contribution in [0.4, 0.5) is 11.4 Å². The van der Waals surface area contributed by atoms with E-state index in [-0.39, 0.29) is 5.91 Å². The molecule has 0 atom stereocenters. The summed E-state index contributed by atoms with van der Waals surface area (Å²) in [4.78, 5) is 13.7. The van der Waals surface area contributed by atoms with Crippen molar-refractivity contribution in [1.29, 1.82) is 0 Å². The van der Waals surface area contributed by atoms with Crippen molar-refractivity contribution in [1.82, 2.24) is 0 Å². The van der Waals surface area contributed by atoms with E-state index >= 15 is 0 Å². The molecule has 0 saturated heterocycles. The van der Waals surface area contributed by atoms with Crippen LogP contribution in [0.1, 0.15) is 5.56 Å². The quantitative estimate of drug-likeness (QED) is 0.693. The number of carbonyl (C=O) groups is 1. The lowest BCUT2D eigenvalue weighted by Gasteiger charge is -2.16. The summed E-state index contributed by atoms with van der Waals surface area (Å²) in [6.07, 6.45) is 3.27. The summed E-state index contributed by atoms with van der Waals surface area (Å²) in [7, 11) is 3.32. The molecule has 2 N–H and O–H groups in total. The molecule has 0 spiro atoms. The summed E-state index contributed by atoms with van der Waals surface area (Å²) in [5, 5.41) is 0. The van der Waals surface area contributed by atoms with Gasteiger partial charge in [0, 0.05) is 30.6 Å². The van der Waals surface area contributed by atoms with Crippen molar-refractivity contribution >= 4 is 23.4 Å². The number of anilines is 2. The van der Waals surface area contributed by atoms with Crippen LogP contribution >= 0.6 is 0 Å². The number of nitrogens with two attached hydrogens (primary N) is 1. The van der Waals surface area contributed by atoms with Crippen molar-refractivity contribution in [2.24, 2.45) is 0 Å². The maximum atomic E-state index is 12.2. The van der Waals surface area contributed by atoms with Gasteiger partial charge in [0.2, 0.25) is 0 Å². The molecule has 2 aromatic rings. The minimum Gasteiger partial charge on any atom is -0.497 e. The fourth-order valence-electron chi connectivity index (χ4n) is 1.89. The van der Waals surface area contributed by atoms with Crippen molar-refractivity contribution in [3.05, 3.63) is 60.2 Å². The second-order valence-electron chi connectivity index (χ2n) is 4.60. The SMILES string of the molecule is COc1cccc(N(C)C(=O)/C=C/c2cccc(N)c2)c1. The molecule has 2 aromatic carbocycles. The zero-order valence-electron chi connectivity index (χ0n) is 12.1. The molecule has 21 heavy (non-hydrogen) atoms. The van der Waals surface area contributed by atoms with Gasteiger partial charge < -0.3 is 15.4 Å². The molecular formula is C17H18N2O2. The van der Waals surface area contributed by atoms with Crippen LogP contribution in [0.2, 0.25) is 0 Å². The first-order valence-corrected chi connectivity index (χ1v) is 6.55. The Morgan fingerprint density at radius 2 is 1.95 bits per heavy atom. The highest BCUT2D eigenvalue weighted by molar-refractivity contribution is 6.03. The average Bonchev–Trinajstić information content (AvgIpc) is 2.52. The normalized spacial score (nSPS) is 10.6. The van der Waals surface area contributed by atoms with E-state index in [9.17, 15) is 4.79 Å². The van der Waals surface area contributed by atoms with Gasteiger partial charge in [0.15, 0.2) is 0 Å². The minimum absolute atomic E-state index is 0.120. The Morgan fingerprint density at radius 1 is 1.19 bits per heavy atom. The number of methoxy groups -OCH3 is 1. The summed E-state index contributed by atoms with van der Waals surface area (Å²) in [5.41, 5.74) is 8.04. The smallest absolute Gasteiger partial charge is 0.250 e. The van der Waals surface area contributed by atoms with Crippen LogP contribution in [0.5, 0.6) is 5.75 Å². The summed E-state index contributed by atoms with van der Waals surface area (Å²) < 4.78 is 5.16. The van der Waals surface area contributed by atoms with Gasteiger partial charge in [-0.1, -0.05) is 18.2 Å². The molecule has 0 bridgehead atoms. The Hall–Kier alpha value is -2.75. The van der Waals surface area contributed by atoms with E-state index in [2.05, 4.69) is 0 Å². The molecule has 0 aromatic heterocycles. The summed E-state index contributed by atoms with van der Waals surface area (Å²) in [6, 6.07) is 14.7. The maximum Gasteiger partial charge on any atom is 0.250 e. The fourth-order valence-corrected chi connectivity index (χ4v) is 1.89. The molecule has 0 aliphatic heterocycles. The number of ether oxygens (including phenoxy) is 1. The Bertz CT molecular complexity index is 665. The van der Waals surface area contributed by atoms with Crippen LogP contribution < -0.4 is 15.4 Å². The van der Waals surface area contributed by atoms with E-state index in [1.807, 2.05) is 48.5 Å². The van der Waals surface area contributed by atoms with Gasteiger partial charge in [-0.25, -0.2) is 0 Å². The number of hydrogen-bond donors (Lipinski definition) is 1. The first kappa shape index (κ1) is 14.7. The third kappa shape index (κ3) is 3.86. The summed E-state index contributed by atoms with van der Waals surface area (Å²) in [6.45, 7) is 0. The Balaban J connectivity index is 2.12. The van der Waals surface area contributed by atoms with Crippen molar-refractivity contribution in [2.45, 2.75) is 0 Å². The van der Waals surface area contributed by atoms with E-state index < -0.39 is 0 Å². The van der Waals surface area contributed by atoms with Crippen molar-refractivity contribution in [3.63, 3.8) is 0 Å². The minimum atomic E-state index is -0.120. The van der Waals surface area contributed by atoms with Gasteiger partial charge in [-0.15, -0.1) is 0 Å². The molecule has 4 nitrogen and oxygen atoms in total. The average molecular weight is 282 g/mol. The molecule has 2 rings (SSSR count). The van der Waals surface area contributed by atoms with Gasteiger partial charge in [-0.3, -0.25) is 4.79 Å². The molecule has 0 aliphatic rings. The largest absolute Gasteiger partial charge is 0.497 e. The fraction of sp³-hybridized carbons (Fsp3) is 0.118. The molecule has 4 heteroatoms. The van der Waals surface area contributed by atoms with Crippen molar-refractivity contribution in [2.75, 3.05) is 24.8 Å². The lowest BCUT2D eigenvalue weighted by Crippen LogP contribution is -2.23. The highest BCUT2D eigenvalue weighted by atomic mass is 16.5. The number of carbonyl (C=O) groups excluding carboxylic acids is 1. The third-order valence-electron chi connectivity index (χ3n) is 3.10. The Kier molecular flexibility index (Phi) is 4.61. The van der Waals surface area contributed by atoms with E-state index in [4.69, 9.17) is 10.5 Å². The number of nitrogen functional groups attached to an aromatic ring is 1. The van der Waals surface area contributed by atoms with Crippen molar-refractivity contribution < 1.29 is 9.53 Å². The molecule has 0 heterocycles. The topological polar surface area (TPSA) is 55.6 Å². The molecule has 0 aliphatic carbocycles. The van der Waals surface area contributed by atoms with E-state index in [1.165, 1.54) is 6.08 Å². The van der Waals surface area contributed by atoms with Gasteiger partial charge >= 0.3 is 0 Å². The Morgan fingerprint density at radius 3 is 2.67 bits per heavy atom. The van der Waals surface area contributed by atoms with Gasteiger partial charge in [0.1, 0.15) is 5.75 Å². The molecule has 108 valence electrons. The number of hydrogen-bond acceptors (Lipinski definition) is 3. The molecule has 0 saturated carbocycles. The zero-order valence-corrected chi connectivity index (χ0v) is 12.1. The van der Waals surface area contributed by atoms with Gasteiger partial charge in [-0.05, 0) is 35.9 Å². The van der Waals surface area contributed by atoms with Crippen LogP contribution in [0.25, 0.3) is 6.08 Å². The van der Waals surface area contributed by atoms with E-state index in [0.717, 1.165) is 11.3 Å². The molecule has 0 unspecified atom stereocenters. The number of rotatable bonds is 4. The Labute approximate surface area is 124 Å². The monoisotopic (exact) mass is 282 g/mol. The first-order chi connectivity index (χ1) is 10.1. The number of amides is 1. The zero-order chi connectivity index (χ0) is 15.2. The lowest BCUT2D eigenvalue weighted by atomic mass is 10.2. The lowest BCUT2D eigenvalue weighted by molar-refractivity contribution is -0.113. The van der Waals surface area contributed by atoms with Gasteiger partial charge in [0.05, 0.1) is 7.11 Å². The van der Waals surface area contributed by atoms with Gasteiger partial charge in [0.25, 0.3) is 5.91 Å². The van der Waals surface area contributed by atoms with Crippen LogP contribution in [-0.2, 0) is 4.79 Å². The van der Waals surface area contributed by atoms with Crippen LogP contribution in [0, 0.1) is 0 Å². The van der Waals surface area contributed by atoms with E-state index in [0.29, 0.717) is 11.4 Å². The van der Waals surface area contributed by atoms with Crippen LogP contribution in [-0.4, -0.2) is 20.1 Å². The summed E-state index contributed by atoms with van der Waals surface area (Å²) >= 11 is 0. The number of benzene rings is 2. The summed E-state index contributed by atoms with van der Waals surface area (Å²) in [5.74, 6) is 0.595. The second-order valence-corrected chi connectivity index (χ2v) is 4.60. The third-order valence-corrected chi connectivity index (χ3v) is 3.10. The number of nitrogens with zero attached hydrogens (tertiary/aromatic N) is 1. The molecule has 0 fully saturated rings. The molecule has 0 radical (unpaired) electrons. The second kappa shape index (κ2) is 6.61. The predicted octanol–water partition coefficient (Wildman–Crippen LogP) is 2.95. The highest BCUT2D eigenvalue weighted by Crippen LogP contribution is 2.20. The van der Waals surface area contributed by atoms with Gasteiger partial charge in [-0.2, -0.15) is 0 Å². The van der Waals surface area contributed by atoms with Crippen LogP contribution in [0.3, 0.4) is 0 Å². The van der Waals surface area contributed by atoms with Crippen LogP contribution in [0.15, 0.2) is 54.6 Å². The van der Waals surface area contributed by atoms with Crippen molar-refractivity contribution in [3.8, 4) is 5.75 Å². The van der Waals surface area contributed by atoms with E-state index in [1.54, 1.807) is 25.1 Å². The maximum absolute atomic E-state index is 12.2.